The average molecular weight is 330 g/mol. The van der Waals surface area contributed by atoms with Gasteiger partial charge >= 0.3 is 0 Å². The van der Waals surface area contributed by atoms with Crippen molar-refractivity contribution in [3.63, 3.8) is 0 Å². The molecule has 0 saturated carbocycles. The maximum atomic E-state index is 12.8. The van der Waals surface area contributed by atoms with Gasteiger partial charge in [-0.1, -0.05) is 0 Å². The molecule has 4 heterocycles. The Labute approximate surface area is 137 Å². The van der Waals surface area contributed by atoms with Crippen molar-refractivity contribution >= 4 is 16.9 Å². The molecule has 0 radical (unpaired) electrons. The number of aryl methyl sites for hydroxylation is 1. The molecule has 120 valence electrons. The zero-order chi connectivity index (χ0) is 15.8. The third kappa shape index (κ3) is 2.60. The summed E-state index contributed by atoms with van der Waals surface area (Å²) in [5, 5.41) is 1.97. The second-order valence-corrected chi connectivity index (χ2v) is 6.62. The molecule has 0 N–H and O–H groups in total. The Morgan fingerprint density at radius 2 is 2.17 bits per heavy atom. The molecule has 0 aliphatic carbocycles. The van der Waals surface area contributed by atoms with Crippen molar-refractivity contribution in [1.29, 1.82) is 0 Å². The van der Waals surface area contributed by atoms with Crippen LogP contribution in [0.4, 0.5) is 0 Å². The monoisotopic (exact) mass is 330 g/mol. The summed E-state index contributed by atoms with van der Waals surface area (Å²) in [4.78, 5) is 21.6. The van der Waals surface area contributed by atoms with Crippen molar-refractivity contribution in [2.75, 3.05) is 13.2 Å². The highest BCUT2D eigenvalue weighted by Gasteiger charge is 2.22. The quantitative estimate of drug-likeness (QED) is 0.739. The minimum Gasteiger partial charge on any atom is -0.381 e. The number of rotatable bonds is 3. The molecule has 6 nitrogen and oxygen atoms in total. The largest absolute Gasteiger partial charge is 0.381 e. The van der Waals surface area contributed by atoms with Crippen molar-refractivity contribution in [3.05, 3.63) is 50.9 Å². The van der Waals surface area contributed by atoms with E-state index in [-0.39, 0.29) is 5.56 Å². The average Bonchev–Trinajstić information content (AvgIpc) is 3.22. The van der Waals surface area contributed by atoms with Gasteiger partial charge in [-0.15, -0.1) is 11.3 Å². The topological polar surface area (TPSA) is 61.4 Å². The molecule has 1 aliphatic rings. The first kappa shape index (κ1) is 14.6. The van der Waals surface area contributed by atoms with E-state index in [0.717, 1.165) is 43.3 Å². The number of fused-ring (bicyclic) bond motifs is 1. The third-order valence-corrected chi connectivity index (χ3v) is 5.06. The summed E-state index contributed by atoms with van der Waals surface area (Å²) in [6.07, 6.45) is 5.63. The van der Waals surface area contributed by atoms with Gasteiger partial charge in [-0.05, 0) is 19.8 Å². The van der Waals surface area contributed by atoms with E-state index < -0.39 is 0 Å². The van der Waals surface area contributed by atoms with E-state index in [1.165, 1.54) is 0 Å². The normalized spacial score (nSPS) is 16.2. The number of hydrogen-bond donors (Lipinski definition) is 0. The van der Waals surface area contributed by atoms with E-state index >= 15 is 0 Å². The van der Waals surface area contributed by atoms with Crippen LogP contribution in [0, 0.1) is 6.92 Å². The molecule has 4 rings (SSSR count). The van der Waals surface area contributed by atoms with Crippen LogP contribution >= 0.6 is 11.3 Å². The van der Waals surface area contributed by atoms with Gasteiger partial charge in [0.1, 0.15) is 11.3 Å². The Bertz CT molecular complexity index is 876. The first-order chi connectivity index (χ1) is 11.2. The second-order valence-electron chi connectivity index (χ2n) is 5.90. The summed E-state index contributed by atoms with van der Waals surface area (Å²) in [6.45, 7) is 3.99. The van der Waals surface area contributed by atoms with Crippen LogP contribution in [-0.2, 0) is 11.3 Å². The maximum Gasteiger partial charge on any atom is 0.277 e. The smallest absolute Gasteiger partial charge is 0.277 e. The molecule has 0 aromatic carbocycles. The molecule has 3 aromatic heterocycles. The lowest BCUT2D eigenvalue weighted by Gasteiger charge is -2.21. The van der Waals surface area contributed by atoms with E-state index in [0.29, 0.717) is 18.0 Å². The predicted molar refractivity (Wildman–Crippen MR) is 88.2 cm³/mol. The van der Waals surface area contributed by atoms with Gasteiger partial charge < -0.3 is 9.30 Å². The van der Waals surface area contributed by atoms with Gasteiger partial charge in [-0.2, -0.15) is 0 Å². The molecule has 1 fully saturated rings. The minimum atomic E-state index is -0.0104. The zero-order valence-electron chi connectivity index (χ0n) is 12.9. The Morgan fingerprint density at radius 3 is 2.91 bits per heavy atom. The molecule has 0 amide bonds. The molecule has 7 heteroatoms. The van der Waals surface area contributed by atoms with Gasteiger partial charge in [0.15, 0.2) is 0 Å². The van der Waals surface area contributed by atoms with Crippen molar-refractivity contribution in [2.24, 2.45) is 0 Å². The number of thiazole rings is 1. The third-order valence-electron chi connectivity index (χ3n) is 4.42. The highest BCUT2D eigenvalue weighted by molar-refractivity contribution is 7.07. The highest BCUT2D eigenvalue weighted by Crippen LogP contribution is 2.26. The molecule has 0 spiro atoms. The zero-order valence-corrected chi connectivity index (χ0v) is 13.8. The number of hydrogen-bond acceptors (Lipinski definition) is 5. The Kier molecular flexibility index (Phi) is 3.74. The van der Waals surface area contributed by atoms with Crippen LogP contribution in [0.25, 0.3) is 5.52 Å². The fraction of sp³-hybridized carbons (Fsp3) is 0.438. The van der Waals surface area contributed by atoms with E-state index in [4.69, 9.17) is 4.74 Å². The maximum absolute atomic E-state index is 12.8. The van der Waals surface area contributed by atoms with Gasteiger partial charge in [0.25, 0.3) is 5.56 Å². The van der Waals surface area contributed by atoms with Crippen LogP contribution in [0.5, 0.6) is 0 Å². The first-order valence-electron chi connectivity index (χ1n) is 7.76. The lowest BCUT2D eigenvalue weighted by atomic mass is 10.00. The molecular weight excluding hydrogens is 312 g/mol. The van der Waals surface area contributed by atoms with Gasteiger partial charge in [-0.3, -0.25) is 9.20 Å². The van der Waals surface area contributed by atoms with E-state index in [2.05, 4.69) is 9.97 Å². The first-order valence-corrected chi connectivity index (χ1v) is 8.70. The summed E-state index contributed by atoms with van der Waals surface area (Å²) in [6, 6.07) is 0. The van der Waals surface area contributed by atoms with E-state index in [1.807, 2.05) is 22.9 Å². The molecule has 0 bridgehead atoms. The van der Waals surface area contributed by atoms with Crippen LogP contribution in [0.1, 0.15) is 36.0 Å². The molecule has 1 aliphatic heterocycles. The molecular formula is C16H18N4O2S. The fourth-order valence-electron chi connectivity index (χ4n) is 3.16. The van der Waals surface area contributed by atoms with Gasteiger partial charge in [0.2, 0.25) is 0 Å². The lowest BCUT2D eigenvalue weighted by molar-refractivity contribution is 0.0835. The Morgan fingerprint density at radius 1 is 1.35 bits per heavy atom. The lowest BCUT2D eigenvalue weighted by Crippen LogP contribution is -2.25. The summed E-state index contributed by atoms with van der Waals surface area (Å²) in [5.74, 6) is 1.34. The minimum absolute atomic E-state index is 0.0104. The van der Waals surface area contributed by atoms with E-state index in [1.54, 1.807) is 27.6 Å². The Balaban J connectivity index is 1.78. The van der Waals surface area contributed by atoms with Gasteiger partial charge in [0, 0.05) is 36.4 Å². The number of imidazole rings is 1. The fourth-order valence-corrected chi connectivity index (χ4v) is 3.71. The van der Waals surface area contributed by atoms with Gasteiger partial charge in [-0.25, -0.2) is 9.97 Å². The molecule has 0 unspecified atom stereocenters. The summed E-state index contributed by atoms with van der Waals surface area (Å²) in [5.41, 5.74) is 4.24. The van der Waals surface area contributed by atoms with Crippen molar-refractivity contribution in [3.8, 4) is 0 Å². The van der Waals surface area contributed by atoms with Crippen LogP contribution < -0.4 is 5.56 Å². The molecule has 1 saturated heterocycles. The summed E-state index contributed by atoms with van der Waals surface area (Å²) < 4.78 is 9.15. The molecule has 23 heavy (non-hydrogen) atoms. The van der Waals surface area contributed by atoms with Crippen LogP contribution in [0.2, 0.25) is 0 Å². The highest BCUT2D eigenvalue weighted by atomic mass is 32.1. The number of ether oxygens (including phenoxy) is 1. The van der Waals surface area contributed by atoms with Crippen molar-refractivity contribution < 1.29 is 4.74 Å². The molecule has 0 atom stereocenters. The van der Waals surface area contributed by atoms with Crippen molar-refractivity contribution in [1.82, 2.24) is 18.9 Å². The van der Waals surface area contributed by atoms with E-state index in [9.17, 15) is 4.79 Å². The Hall–Kier alpha value is -1.99. The molecule has 3 aromatic rings. The number of nitrogens with zero attached hydrogens (tertiary/aromatic N) is 4. The van der Waals surface area contributed by atoms with Crippen LogP contribution in [0.15, 0.2) is 28.1 Å². The number of aromatic nitrogens is 4. The second kappa shape index (κ2) is 5.90. The predicted octanol–water partition coefficient (Wildman–Crippen LogP) is 2.20. The van der Waals surface area contributed by atoms with Crippen LogP contribution in [-0.4, -0.2) is 32.1 Å². The van der Waals surface area contributed by atoms with Crippen LogP contribution in [0.3, 0.4) is 0 Å². The summed E-state index contributed by atoms with van der Waals surface area (Å²) in [7, 11) is 0. The summed E-state index contributed by atoms with van der Waals surface area (Å²) >= 11 is 1.54. The van der Waals surface area contributed by atoms with Gasteiger partial charge in [0.05, 0.1) is 23.9 Å². The SMILES string of the molecule is Cc1cn2c(C3CCOCC3)ncc2c(=O)n1Cc1cscn1. The standard InChI is InChI=1S/C16H18N4O2S/c1-11-7-20-14(6-17-15(20)12-2-4-22-5-3-12)16(21)19(11)8-13-9-23-10-18-13/h6-7,9-10,12H,2-5,8H2,1H3. The van der Waals surface area contributed by atoms with Crippen molar-refractivity contribution in [2.45, 2.75) is 32.2 Å².